The number of amides is 1. The SMILES string of the molecule is CC(C)c1csc(-c2nccn2CC2CC(=O)N(C3CC3)C2)n1. The summed E-state index contributed by atoms with van der Waals surface area (Å²) in [5.74, 6) is 2.08. The van der Waals surface area contributed by atoms with Crippen molar-refractivity contribution in [2.75, 3.05) is 6.54 Å². The maximum absolute atomic E-state index is 12.1. The molecule has 6 heteroatoms. The number of imidazole rings is 1. The van der Waals surface area contributed by atoms with Gasteiger partial charge in [0, 0.05) is 49.2 Å². The Bertz CT molecular complexity index is 716. The molecular weight excluding hydrogens is 308 g/mol. The Morgan fingerprint density at radius 2 is 2.22 bits per heavy atom. The van der Waals surface area contributed by atoms with E-state index >= 15 is 0 Å². The van der Waals surface area contributed by atoms with E-state index in [1.54, 1.807) is 11.3 Å². The normalized spacial score (nSPS) is 21.6. The van der Waals surface area contributed by atoms with Gasteiger partial charge < -0.3 is 9.47 Å². The fourth-order valence-corrected chi connectivity index (χ4v) is 4.25. The van der Waals surface area contributed by atoms with E-state index in [2.05, 4.69) is 33.7 Å². The van der Waals surface area contributed by atoms with E-state index in [-0.39, 0.29) is 0 Å². The molecule has 4 rings (SSSR count). The van der Waals surface area contributed by atoms with Gasteiger partial charge in [0.15, 0.2) is 10.8 Å². The van der Waals surface area contributed by atoms with Crippen LogP contribution in [0.4, 0.5) is 0 Å². The van der Waals surface area contributed by atoms with Crippen LogP contribution in [0.15, 0.2) is 17.8 Å². The monoisotopic (exact) mass is 330 g/mol. The molecule has 23 heavy (non-hydrogen) atoms. The molecule has 1 amide bonds. The van der Waals surface area contributed by atoms with Gasteiger partial charge in [-0.15, -0.1) is 11.3 Å². The minimum Gasteiger partial charge on any atom is -0.339 e. The topological polar surface area (TPSA) is 51.0 Å². The van der Waals surface area contributed by atoms with Crippen molar-refractivity contribution in [3.63, 3.8) is 0 Å². The van der Waals surface area contributed by atoms with Crippen LogP contribution in [0.5, 0.6) is 0 Å². The van der Waals surface area contributed by atoms with Crippen LogP contribution in [-0.4, -0.2) is 37.9 Å². The van der Waals surface area contributed by atoms with Crippen molar-refractivity contribution in [1.82, 2.24) is 19.4 Å². The van der Waals surface area contributed by atoms with Crippen LogP contribution in [-0.2, 0) is 11.3 Å². The minimum atomic E-state index is 0.329. The zero-order valence-corrected chi connectivity index (χ0v) is 14.4. The number of nitrogens with zero attached hydrogens (tertiary/aromatic N) is 4. The Balaban J connectivity index is 1.50. The summed E-state index contributed by atoms with van der Waals surface area (Å²) < 4.78 is 2.16. The molecule has 5 nitrogen and oxygen atoms in total. The summed E-state index contributed by atoms with van der Waals surface area (Å²) in [5, 5.41) is 3.09. The maximum atomic E-state index is 12.1. The van der Waals surface area contributed by atoms with Crippen molar-refractivity contribution in [3.8, 4) is 10.8 Å². The predicted octanol–water partition coefficient (Wildman–Crippen LogP) is 3.14. The highest BCUT2D eigenvalue weighted by Gasteiger charge is 2.39. The van der Waals surface area contributed by atoms with Crippen molar-refractivity contribution in [2.24, 2.45) is 5.92 Å². The van der Waals surface area contributed by atoms with E-state index in [9.17, 15) is 4.79 Å². The average molecular weight is 330 g/mol. The molecule has 1 saturated heterocycles. The van der Waals surface area contributed by atoms with E-state index in [4.69, 9.17) is 4.98 Å². The van der Waals surface area contributed by atoms with Gasteiger partial charge in [0.1, 0.15) is 0 Å². The van der Waals surface area contributed by atoms with Crippen LogP contribution in [0.3, 0.4) is 0 Å². The van der Waals surface area contributed by atoms with Crippen molar-refractivity contribution >= 4 is 17.2 Å². The van der Waals surface area contributed by atoms with Crippen LogP contribution in [0.1, 0.15) is 44.7 Å². The number of hydrogen-bond donors (Lipinski definition) is 0. The number of hydrogen-bond acceptors (Lipinski definition) is 4. The molecule has 0 N–H and O–H groups in total. The molecule has 2 fully saturated rings. The zero-order chi connectivity index (χ0) is 16.0. The first-order chi connectivity index (χ1) is 11.1. The number of aromatic nitrogens is 3. The van der Waals surface area contributed by atoms with Crippen molar-refractivity contribution < 1.29 is 4.79 Å². The summed E-state index contributed by atoms with van der Waals surface area (Å²) in [6.45, 7) is 6.06. The van der Waals surface area contributed by atoms with E-state index in [1.165, 1.54) is 12.8 Å². The van der Waals surface area contributed by atoms with Gasteiger partial charge in [-0.2, -0.15) is 0 Å². The van der Waals surface area contributed by atoms with Crippen LogP contribution >= 0.6 is 11.3 Å². The van der Waals surface area contributed by atoms with Gasteiger partial charge in [0.25, 0.3) is 0 Å². The number of carbonyl (C=O) groups excluding carboxylic acids is 1. The molecule has 2 aliphatic rings. The molecule has 122 valence electrons. The summed E-state index contributed by atoms with van der Waals surface area (Å²) in [5.41, 5.74) is 1.12. The second-order valence-electron chi connectivity index (χ2n) is 6.98. The summed E-state index contributed by atoms with van der Waals surface area (Å²) in [6.07, 6.45) is 6.89. The third-order valence-corrected chi connectivity index (χ3v) is 5.56. The molecule has 1 unspecified atom stereocenters. The van der Waals surface area contributed by atoms with E-state index < -0.39 is 0 Å². The Labute approximate surface area is 140 Å². The van der Waals surface area contributed by atoms with E-state index in [0.717, 1.165) is 29.6 Å². The van der Waals surface area contributed by atoms with Gasteiger partial charge >= 0.3 is 0 Å². The summed E-state index contributed by atoms with van der Waals surface area (Å²) >= 11 is 1.65. The van der Waals surface area contributed by atoms with Gasteiger partial charge in [-0.05, 0) is 18.8 Å². The Hall–Kier alpha value is -1.69. The first-order valence-corrected chi connectivity index (χ1v) is 9.26. The second-order valence-corrected chi connectivity index (χ2v) is 7.84. The molecule has 0 spiro atoms. The van der Waals surface area contributed by atoms with Crippen LogP contribution in [0.2, 0.25) is 0 Å². The molecule has 1 aliphatic carbocycles. The lowest BCUT2D eigenvalue weighted by molar-refractivity contribution is -0.128. The highest BCUT2D eigenvalue weighted by molar-refractivity contribution is 7.13. The number of thiazole rings is 1. The lowest BCUT2D eigenvalue weighted by Gasteiger charge is -2.16. The second kappa shape index (κ2) is 5.74. The van der Waals surface area contributed by atoms with Gasteiger partial charge in [-0.3, -0.25) is 4.79 Å². The maximum Gasteiger partial charge on any atom is 0.223 e. The summed E-state index contributed by atoms with van der Waals surface area (Å²) in [6, 6.07) is 0.530. The highest BCUT2D eigenvalue weighted by atomic mass is 32.1. The predicted molar refractivity (Wildman–Crippen MR) is 90.3 cm³/mol. The smallest absolute Gasteiger partial charge is 0.223 e. The largest absolute Gasteiger partial charge is 0.339 e. The van der Waals surface area contributed by atoms with E-state index in [1.807, 2.05) is 12.4 Å². The molecule has 1 aliphatic heterocycles. The quantitative estimate of drug-likeness (QED) is 0.846. The fourth-order valence-electron chi connectivity index (χ4n) is 3.26. The lowest BCUT2D eigenvalue weighted by atomic mass is 10.1. The molecule has 2 aromatic rings. The van der Waals surface area contributed by atoms with Crippen molar-refractivity contribution in [2.45, 2.75) is 51.6 Å². The minimum absolute atomic E-state index is 0.329. The molecule has 1 atom stereocenters. The Kier molecular flexibility index (Phi) is 3.71. The Morgan fingerprint density at radius 3 is 2.91 bits per heavy atom. The van der Waals surface area contributed by atoms with Gasteiger partial charge in [-0.1, -0.05) is 13.8 Å². The molecule has 0 bridgehead atoms. The van der Waals surface area contributed by atoms with Crippen LogP contribution in [0, 0.1) is 5.92 Å². The molecule has 0 radical (unpaired) electrons. The highest BCUT2D eigenvalue weighted by Crippen LogP contribution is 2.34. The van der Waals surface area contributed by atoms with Crippen molar-refractivity contribution in [3.05, 3.63) is 23.5 Å². The van der Waals surface area contributed by atoms with Gasteiger partial charge in [0.05, 0.1) is 5.69 Å². The third kappa shape index (κ3) is 2.92. The summed E-state index contributed by atoms with van der Waals surface area (Å²) in [7, 11) is 0. The number of carbonyl (C=O) groups is 1. The fraction of sp³-hybridized carbons (Fsp3) is 0.588. The van der Waals surface area contributed by atoms with E-state index in [0.29, 0.717) is 30.2 Å². The van der Waals surface area contributed by atoms with Gasteiger partial charge in [-0.25, -0.2) is 9.97 Å². The third-order valence-electron chi connectivity index (χ3n) is 4.70. The first-order valence-electron chi connectivity index (χ1n) is 8.38. The average Bonchev–Trinajstić information content (AvgIpc) is 2.93. The number of likely N-dealkylation sites (tertiary alicyclic amines) is 1. The zero-order valence-electron chi connectivity index (χ0n) is 13.6. The molecular formula is C17H22N4OS. The van der Waals surface area contributed by atoms with Crippen molar-refractivity contribution in [1.29, 1.82) is 0 Å². The van der Waals surface area contributed by atoms with Crippen LogP contribution in [0.25, 0.3) is 10.8 Å². The lowest BCUT2D eigenvalue weighted by Crippen LogP contribution is -2.27. The summed E-state index contributed by atoms with van der Waals surface area (Å²) in [4.78, 5) is 23.4. The molecule has 2 aromatic heterocycles. The van der Waals surface area contributed by atoms with Crippen LogP contribution < -0.4 is 0 Å². The Morgan fingerprint density at radius 1 is 1.39 bits per heavy atom. The number of rotatable bonds is 5. The molecule has 3 heterocycles. The standard InChI is InChI=1S/C17H22N4OS/c1-11(2)14-10-23-17(19-14)16-18-5-6-20(16)8-12-7-15(22)21(9-12)13-3-4-13/h5-6,10-13H,3-4,7-9H2,1-2H3. The molecule has 0 aromatic carbocycles. The van der Waals surface area contributed by atoms with Gasteiger partial charge in [0.2, 0.25) is 5.91 Å². The molecule has 1 saturated carbocycles. The first kappa shape index (κ1) is 14.9.